The third-order valence-corrected chi connectivity index (χ3v) is 2.79. The van der Waals surface area contributed by atoms with Crippen molar-refractivity contribution in [3.8, 4) is 5.75 Å². The van der Waals surface area contributed by atoms with Gasteiger partial charge in [-0.2, -0.15) is 0 Å². The molecule has 0 spiro atoms. The molecule has 1 aromatic carbocycles. The van der Waals surface area contributed by atoms with Gasteiger partial charge in [0, 0.05) is 12.7 Å². The number of hydrogen-bond acceptors (Lipinski definition) is 5. The zero-order valence-electron chi connectivity index (χ0n) is 12.3. The Kier molecular flexibility index (Phi) is 6.84. The average Bonchev–Trinajstić information content (AvgIpc) is 2.52. The first-order valence-corrected chi connectivity index (χ1v) is 6.42. The van der Waals surface area contributed by atoms with Crippen molar-refractivity contribution in [2.75, 3.05) is 27.3 Å². The Morgan fingerprint density at radius 2 is 1.95 bits per heavy atom. The van der Waals surface area contributed by atoms with Gasteiger partial charge in [0.2, 0.25) is 5.91 Å². The quantitative estimate of drug-likeness (QED) is 0.604. The fourth-order valence-corrected chi connectivity index (χ4v) is 1.57. The Hall–Kier alpha value is -2.61. The van der Waals surface area contributed by atoms with Gasteiger partial charge in [0.05, 0.1) is 20.2 Å². The molecule has 1 aromatic rings. The lowest BCUT2D eigenvalue weighted by Crippen LogP contribution is -2.42. The highest BCUT2D eigenvalue weighted by atomic mass is 16.5. The molecule has 3 N–H and O–H groups in total. The van der Waals surface area contributed by atoms with Gasteiger partial charge in [0.15, 0.2) is 6.10 Å². The molecule has 1 atom stereocenters. The molecule has 0 bridgehead atoms. The number of aliphatic carboxylic acids is 1. The summed E-state index contributed by atoms with van der Waals surface area (Å²) in [7, 11) is 2.72. The minimum atomic E-state index is -1.18. The van der Waals surface area contributed by atoms with Crippen molar-refractivity contribution in [2.24, 2.45) is 0 Å². The number of hydrogen-bond donors (Lipinski definition) is 3. The first-order valence-electron chi connectivity index (χ1n) is 6.42. The van der Waals surface area contributed by atoms with Gasteiger partial charge in [-0.3, -0.25) is 9.59 Å². The Balaban J connectivity index is 2.43. The van der Waals surface area contributed by atoms with Crippen molar-refractivity contribution in [3.05, 3.63) is 29.8 Å². The zero-order valence-corrected chi connectivity index (χ0v) is 12.3. The van der Waals surface area contributed by atoms with E-state index in [9.17, 15) is 14.4 Å². The molecule has 0 aromatic heterocycles. The van der Waals surface area contributed by atoms with E-state index in [1.807, 2.05) is 0 Å². The molecule has 0 aliphatic carbocycles. The number of carboxylic acids is 1. The van der Waals surface area contributed by atoms with Crippen LogP contribution in [0.15, 0.2) is 24.3 Å². The van der Waals surface area contributed by atoms with Crippen LogP contribution in [0.1, 0.15) is 10.4 Å². The van der Waals surface area contributed by atoms with Crippen LogP contribution in [0.2, 0.25) is 0 Å². The number of methoxy groups -OCH3 is 2. The molecule has 0 radical (unpaired) electrons. The van der Waals surface area contributed by atoms with Gasteiger partial charge in [0.1, 0.15) is 5.75 Å². The highest BCUT2D eigenvalue weighted by Crippen LogP contribution is 2.12. The fourth-order valence-electron chi connectivity index (χ4n) is 1.57. The molecule has 1 unspecified atom stereocenters. The Morgan fingerprint density at radius 3 is 2.55 bits per heavy atom. The predicted octanol–water partition coefficient (Wildman–Crippen LogP) is -0.359. The van der Waals surface area contributed by atoms with Gasteiger partial charge in [-0.25, -0.2) is 4.79 Å². The monoisotopic (exact) mass is 310 g/mol. The molecule has 0 fully saturated rings. The number of ether oxygens (including phenoxy) is 2. The lowest BCUT2D eigenvalue weighted by molar-refractivity contribution is -0.148. The molecule has 120 valence electrons. The van der Waals surface area contributed by atoms with Crippen molar-refractivity contribution in [1.82, 2.24) is 10.6 Å². The van der Waals surface area contributed by atoms with E-state index in [-0.39, 0.29) is 13.1 Å². The maximum absolute atomic E-state index is 11.9. The van der Waals surface area contributed by atoms with Crippen molar-refractivity contribution < 1.29 is 29.0 Å². The molecule has 0 aliphatic heterocycles. The summed E-state index contributed by atoms with van der Waals surface area (Å²) in [5, 5.41) is 13.5. The summed E-state index contributed by atoms with van der Waals surface area (Å²) in [5.41, 5.74) is 0.354. The van der Waals surface area contributed by atoms with Crippen LogP contribution in [0, 0.1) is 0 Å². The molecule has 0 saturated carbocycles. The molecule has 8 nitrogen and oxygen atoms in total. The first-order chi connectivity index (χ1) is 10.5. The lowest BCUT2D eigenvalue weighted by Gasteiger charge is -2.12. The molecule has 1 rings (SSSR count). The summed E-state index contributed by atoms with van der Waals surface area (Å²) in [6, 6.07) is 6.48. The van der Waals surface area contributed by atoms with E-state index in [2.05, 4.69) is 15.4 Å². The third kappa shape index (κ3) is 5.41. The van der Waals surface area contributed by atoms with E-state index in [1.165, 1.54) is 14.2 Å². The van der Waals surface area contributed by atoms with E-state index in [1.54, 1.807) is 24.3 Å². The number of carbonyl (C=O) groups excluding carboxylic acids is 2. The number of nitrogens with one attached hydrogen (secondary N) is 2. The van der Waals surface area contributed by atoms with Crippen LogP contribution < -0.4 is 15.4 Å². The topological polar surface area (TPSA) is 114 Å². The summed E-state index contributed by atoms with van der Waals surface area (Å²) < 4.78 is 9.67. The van der Waals surface area contributed by atoms with Crippen LogP contribution in [0.4, 0.5) is 0 Å². The van der Waals surface area contributed by atoms with E-state index in [4.69, 9.17) is 9.84 Å². The van der Waals surface area contributed by atoms with Crippen LogP contribution in [0.25, 0.3) is 0 Å². The first kappa shape index (κ1) is 17.4. The van der Waals surface area contributed by atoms with E-state index < -0.39 is 23.9 Å². The van der Waals surface area contributed by atoms with Gasteiger partial charge < -0.3 is 25.2 Å². The summed E-state index contributed by atoms with van der Waals surface area (Å²) in [6.07, 6.45) is -1.13. The Labute approximate surface area is 127 Å². The van der Waals surface area contributed by atoms with Crippen LogP contribution in [0.3, 0.4) is 0 Å². The highest BCUT2D eigenvalue weighted by Gasteiger charge is 2.17. The minimum absolute atomic E-state index is 0.181. The van der Waals surface area contributed by atoms with Crippen molar-refractivity contribution in [2.45, 2.75) is 6.10 Å². The van der Waals surface area contributed by atoms with Crippen LogP contribution in [0.5, 0.6) is 5.75 Å². The second kappa shape index (κ2) is 8.63. The standard InChI is InChI=1S/C14H18N2O6/c1-21-10-5-3-4-9(6-10)13(18)16-8-12(17)15-7-11(22-2)14(19)20/h3-6,11H,7-8H2,1-2H3,(H,15,17)(H,16,18)(H,19,20). The number of carboxylic acid groups (broad SMARTS) is 1. The van der Waals surface area contributed by atoms with Crippen molar-refractivity contribution >= 4 is 17.8 Å². The van der Waals surface area contributed by atoms with E-state index in [0.717, 1.165) is 0 Å². The van der Waals surface area contributed by atoms with Gasteiger partial charge in [-0.15, -0.1) is 0 Å². The van der Waals surface area contributed by atoms with Gasteiger partial charge in [0.25, 0.3) is 5.91 Å². The van der Waals surface area contributed by atoms with E-state index in [0.29, 0.717) is 11.3 Å². The summed E-state index contributed by atoms with van der Waals surface area (Å²) in [6.45, 7) is -0.453. The maximum Gasteiger partial charge on any atom is 0.334 e. The molecule has 0 saturated heterocycles. The van der Waals surface area contributed by atoms with Crippen LogP contribution >= 0.6 is 0 Å². The molecule has 2 amide bonds. The summed E-state index contributed by atoms with van der Waals surface area (Å²) >= 11 is 0. The Morgan fingerprint density at radius 1 is 1.23 bits per heavy atom. The number of amides is 2. The molecule has 8 heteroatoms. The maximum atomic E-state index is 11.9. The SMILES string of the molecule is COc1cccc(C(=O)NCC(=O)NCC(OC)C(=O)O)c1. The second-order valence-corrected chi connectivity index (χ2v) is 4.28. The molecule has 0 aliphatic rings. The number of benzene rings is 1. The molecule has 0 heterocycles. The minimum Gasteiger partial charge on any atom is -0.497 e. The Bertz CT molecular complexity index is 546. The average molecular weight is 310 g/mol. The van der Waals surface area contributed by atoms with Gasteiger partial charge in [-0.1, -0.05) is 6.07 Å². The predicted molar refractivity (Wildman–Crippen MR) is 76.8 cm³/mol. The fraction of sp³-hybridized carbons (Fsp3) is 0.357. The number of rotatable bonds is 8. The molecular formula is C14H18N2O6. The largest absolute Gasteiger partial charge is 0.497 e. The van der Waals surface area contributed by atoms with Crippen molar-refractivity contribution in [3.63, 3.8) is 0 Å². The summed E-state index contributed by atoms with van der Waals surface area (Å²) in [4.78, 5) is 34.1. The van der Waals surface area contributed by atoms with Gasteiger partial charge >= 0.3 is 5.97 Å². The molecule has 22 heavy (non-hydrogen) atoms. The third-order valence-electron chi connectivity index (χ3n) is 2.79. The van der Waals surface area contributed by atoms with Crippen molar-refractivity contribution in [1.29, 1.82) is 0 Å². The van der Waals surface area contributed by atoms with E-state index >= 15 is 0 Å². The highest BCUT2D eigenvalue weighted by molar-refractivity contribution is 5.96. The zero-order chi connectivity index (χ0) is 16.5. The summed E-state index contributed by atoms with van der Waals surface area (Å²) in [5.74, 6) is -1.60. The second-order valence-electron chi connectivity index (χ2n) is 4.28. The lowest BCUT2D eigenvalue weighted by atomic mass is 10.2. The molecular weight excluding hydrogens is 292 g/mol. The van der Waals surface area contributed by atoms with Crippen LogP contribution in [-0.2, 0) is 14.3 Å². The smallest absolute Gasteiger partial charge is 0.334 e. The van der Waals surface area contributed by atoms with Gasteiger partial charge in [-0.05, 0) is 18.2 Å². The number of carbonyl (C=O) groups is 3. The normalized spacial score (nSPS) is 11.4. The van der Waals surface area contributed by atoms with Crippen LogP contribution in [-0.4, -0.2) is 56.3 Å².